The van der Waals surface area contributed by atoms with Crippen LogP contribution in [0.25, 0.3) is 0 Å². The Balaban J connectivity index is 2.98. The summed E-state index contributed by atoms with van der Waals surface area (Å²) in [5.41, 5.74) is 2.79. The summed E-state index contributed by atoms with van der Waals surface area (Å²) >= 11 is 3.08. The van der Waals surface area contributed by atoms with Crippen LogP contribution in [0.4, 0.5) is 18.9 Å². The topological polar surface area (TPSA) is 15.3 Å². The number of nitrogens with one attached hydrogen (secondary N) is 1. The zero-order valence-corrected chi connectivity index (χ0v) is 9.78. The van der Waals surface area contributed by atoms with Gasteiger partial charge in [-0.15, -0.1) is 0 Å². The molecule has 0 aliphatic rings. The molecule has 0 saturated heterocycles. The average molecular weight is 283 g/mol. The monoisotopic (exact) mass is 282 g/mol. The van der Waals surface area contributed by atoms with Crippen molar-refractivity contribution in [1.82, 2.24) is 5.01 Å². The molecule has 1 rings (SSSR count). The van der Waals surface area contributed by atoms with Crippen molar-refractivity contribution in [3.63, 3.8) is 0 Å². The van der Waals surface area contributed by atoms with Gasteiger partial charge in [0.05, 0.1) is 11.3 Å². The minimum absolute atomic E-state index is 0.381. The molecule has 0 aliphatic heterocycles. The van der Waals surface area contributed by atoms with Gasteiger partial charge in [-0.2, -0.15) is 13.2 Å². The number of anilines is 1. The SMILES string of the molecule is CN(C)Nc1ccc(C(F)(F)F)cc1Br. The van der Waals surface area contributed by atoms with E-state index in [1.54, 1.807) is 19.1 Å². The van der Waals surface area contributed by atoms with Crippen LogP contribution in [0.1, 0.15) is 5.56 Å². The highest BCUT2D eigenvalue weighted by Crippen LogP contribution is 2.33. The van der Waals surface area contributed by atoms with E-state index >= 15 is 0 Å². The van der Waals surface area contributed by atoms with Crippen LogP contribution in [0.2, 0.25) is 0 Å². The normalized spacial score (nSPS) is 11.9. The molecule has 0 fully saturated rings. The van der Waals surface area contributed by atoms with E-state index in [1.807, 2.05) is 0 Å². The summed E-state index contributed by atoms with van der Waals surface area (Å²) < 4.78 is 37.3. The Morgan fingerprint density at radius 3 is 2.27 bits per heavy atom. The Morgan fingerprint density at radius 1 is 1.27 bits per heavy atom. The van der Waals surface area contributed by atoms with Gasteiger partial charge in [0.1, 0.15) is 0 Å². The summed E-state index contributed by atoms with van der Waals surface area (Å²) in [4.78, 5) is 0. The molecule has 6 heteroatoms. The first-order valence-corrected chi connectivity index (χ1v) is 4.90. The fraction of sp³-hybridized carbons (Fsp3) is 0.333. The number of hydrogen-bond donors (Lipinski definition) is 1. The van der Waals surface area contributed by atoms with E-state index in [0.29, 0.717) is 10.2 Å². The van der Waals surface area contributed by atoms with Crippen LogP contribution in [0.5, 0.6) is 0 Å². The van der Waals surface area contributed by atoms with E-state index in [0.717, 1.165) is 12.1 Å². The molecular weight excluding hydrogens is 273 g/mol. The maximum absolute atomic E-state index is 12.3. The van der Waals surface area contributed by atoms with E-state index in [9.17, 15) is 13.2 Å². The van der Waals surface area contributed by atoms with E-state index < -0.39 is 11.7 Å². The second kappa shape index (κ2) is 4.40. The Hall–Kier alpha value is -0.750. The summed E-state index contributed by atoms with van der Waals surface area (Å²) in [6, 6.07) is 3.47. The maximum Gasteiger partial charge on any atom is 0.416 e. The zero-order valence-electron chi connectivity index (χ0n) is 8.19. The molecule has 1 aromatic rings. The molecule has 15 heavy (non-hydrogen) atoms. The van der Waals surface area contributed by atoms with Gasteiger partial charge in [0, 0.05) is 18.6 Å². The first kappa shape index (κ1) is 12.3. The second-order valence-electron chi connectivity index (χ2n) is 3.20. The molecule has 0 radical (unpaired) electrons. The van der Waals surface area contributed by atoms with E-state index in [-0.39, 0.29) is 0 Å². The van der Waals surface area contributed by atoms with Crippen LogP contribution in [0.3, 0.4) is 0 Å². The van der Waals surface area contributed by atoms with Crippen molar-refractivity contribution < 1.29 is 13.2 Å². The Bertz CT molecular complexity index is 350. The summed E-state index contributed by atoms with van der Waals surface area (Å²) in [6.45, 7) is 0. The fourth-order valence-corrected chi connectivity index (χ4v) is 1.49. The lowest BCUT2D eigenvalue weighted by Gasteiger charge is -2.16. The highest BCUT2D eigenvalue weighted by molar-refractivity contribution is 9.10. The molecule has 0 bridgehead atoms. The lowest BCUT2D eigenvalue weighted by Crippen LogP contribution is -2.20. The summed E-state index contributed by atoms with van der Waals surface area (Å²) in [5, 5.41) is 1.65. The number of halogens is 4. The smallest absolute Gasteiger partial charge is 0.318 e. The summed E-state index contributed by atoms with van der Waals surface area (Å²) in [7, 11) is 3.51. The van der Waals surface area contributed by atoms with E-state index in [1.165, 1.54) is 6.07 Å². The number of alkyl halides is 3. The Morgan fingerprint density at radius 2 is 1.87 bits per heavy atom. The molecule has 84 valence electrons. The largest absolute Gasteiger partial charge is 0.416 e. The molecule has 1 aromatic carbocycles. The van der Waals surface area contributed by atoms with Gasteiger partial charge in [-0.1, -0.05) is 0 Å². The quantitative estimate of drug-likeness (QED) is 0.837. The molecule has 2 nitrogen and oxygen atoms in total. The fourth-order valence-electron chi connectivity index (χ4n) is 1.02. The molecule has 0 heterocycles. The predicted octanol–water partition coefficient (Wildman–Crippen LogP) is 3.36. The van der Waals surface area contributed by atoms with Gasteiger partial charge >= 0.3 is 6.18 Å². The van der Waals surface area contributed by atoms with Crippen molar-refractivity contribution in [2.45, 2.75) is 6.18 Å². The number of rotatable bonds is 2. The van der Waals surface area contributed by atoms with Crippen molar-refractivity contribution in [1.29, 1.82) is 0 Å². The van der Waals surface area contributed by atoms with Crippen molar-refractivity contribution in [2.75, 3.05) is 19.5 Å². The van der Waals surface area contributed by atoms with Crippen LogP contribution >= 0.6 is 15.9 Å². The Labute approximate surface area is 94.2 Å². The van der Waals surface area contributed by atoms with Crippen LogP contribution < -0.4 is 5.43 Å². The standard InChI is InChI=1S/C9H10BrF3N2/c1-15(2)14-8-4-3-6(5-7(8)10)9(11,12)13/h3-5,14H,1-2H3. The predicted molar refractivity (Wildman–Crippen MR) is 56.5 cm³/mol. The first-order chi connectivity index (χ1) is 6.80. The minimum atomic E-state index is -4.31. The molecule has 0 spiro atoms. The molecule has 1 N–H and O–H groups in total. The molecular formula is C9H10BrF3N2. The number of hydrogen-bond acceptors (Lipinski definition) is 2. The van der Waals surface area contributed by atoms with Crippen LogP contribution in [-0.2, 0) is 6.18 Å². The highest BCUT2D eigenvalue weighted by atomic mass is 79.9. The van der Waals surface area contributed by atoms with Crippen LogP contribution in [0, 0.1) is 0 Å². The zero-order chi connectivity index (χ0) is 11.6. The Kier molecular flexibility index (Phi) is 3.62. The van der Waals surface area contributed by atoms with Gasteiger partial charge in [-0.05, 0) is 34.1 Å². The highest BCUT2D eigenvalue weighted by Gasteiger charge is 2.30. The average Bonchev–Trinajstić information content (AvgIpc) is 2.05. The molecule has 0 unspecified atom stereocenters. The molecule has 0 atom stereocenters. The third-order valence-electron chi connectivity index (χ3n) is 1.64. The van der Waals surface area contributed by atoms with Crippen LogP contribution in [0.15, 0.2) is 22.7 Å². The number of hydrazine groups is 1. The third-order valence-corrected chi connectivity index (χ3v) is 2.30. The molecule has 0 saturated carbocycles. The van der Waals surface area contributed by atoms with Gasteiger partial charge in [0.15, 0.2) is 0 Å². The third kappa shape index (κ3) is 3.39. The van der Waals surface area contributed by atoms with E-state index in [2.05, 4.69) is 21.4 Å². The molecule has 0 amide bonds. The minimum Gasteiger partial charge on any atom is -0.318 e. The summed E-state index contributed by atoms with van der Waals surface area (Å²) in [6.07, 6.45) is -4.31. The lowest BCUT2D eigenvalue weighted by molar-refractivity contribution is -0.137. The number of nitrogens with zero attached hydrogens (tertiary/aromatic N) is 1. The van der Waals surface area contributed by atoms with Crippen molar-refractivity contribution >= 4 is 21.6 Å². The van der Waals surface area contributed by atoms with Gasteiger partial charge in [0.25, 0.3) is 0 Å². The van der Waals surface area contributed by atoms with Gasteiger partial charge in [-0.3, -0.25) is 0 Å². The van der Waals surface area contributed by atoms with Crippen molar-refractivity contribution in [3.8, 4) is 0 Å². The van der Waals surface area contributed by atoms with Crippen molar-refractivity contribution in [2.24, 2.45) is 0 Å². The van der Waals surface area contributed by atoms with Crippen LogP contribution in [-0.4, -0.2) is 19.1 Å². The second-order valence-corrected chi connectivity index (χ2v) is 4.05. The molecule has 0 aliphatic carbocycles. The first-order valence-electron chi connectivity index (χ1n) is 4.11. The maximum atomic E-state index is 12.3. The number of benzene rings is 1. The van der Waals surface area contributed by atoms with E-state index in [4.69, 9.17) is 0 Å². The van der Waals surface area contributed by atoms with Gasteiger partial charge < -0.3 is 5.43 Å². The van der Waals surface area contributed by atoms with Gasteiger partial charge in [0.2, 0.25) is 0 Å². The molecule has 0 aromatic heterocycles. The van der Waals surface area contributed by atoms with Gasteiger partial charge in [-0.25, -0.2) is 5.01 Å². The lowest BCUT2D eigenvalue weighted by atomic mass is 10.2. The summed E-state index contributed by atoms with van der Waals surface area (Å²) in [5.74, 6) is 0. The van der Waals surface area contributed by atoms with Crippen molar-refractivity contribution in [3.05, 3.63) is 28.2 Å².